The molecule has 0 unspecified atom stereocenters. The Labute approximate surface area is 163 Å². The number of aromatic nitrogens is 1. The van der Waals surface area contributed by atoms with Crippen LogP contribution >= 0.6 is 0 Å². The van der Waals surface area contributed by atoms with Crippen LogP contribution in [-0.2, 0) is 21.4 Å². The van der Waals surface area contributed by atoms with E-state index in [4.69, 9.17) is 4.42 Å². The van der Waals surface area contributed by atoms with Crippen LogP contribution in [0.1, 0.15) is 44.9 Å². The van der Waals surface area contributed by atoms with Crippen LogP contribution in [0, 0.1) is 0 Å². The molecule has 0 atom stereocenters. The van der Waals surface area contributed by atoms with Gasteiger partial charge in [-0.15, -0.1) is 0 Å². The highest BCUT2D eigenvalue weighted by Crippen LogP contribution is 2.24. The highest BCUT2D eigenvalue weighted by molar-refractivity contribution is 7.89. The Morgan fingerprint density at radius 2 is 1.86 bits per heavy atom. The fourth-order valence-corrected chi connectivity index (χ4v) is 5.61. The molecule has 1 amide bonds. The van der Waals surface area contributed by atoms with Crippen LogP contribution in [0.15, 0.2) is 32.3 Å². The molecule has 1 aliphatic carbocycles. The monoisotopic (exact) mass is 407 g/mol. The van der Waals surface area contributed by atoms with E-state index in [1.54, 1.807) is 6.07 Å². The van der Waals surface area contributed by atoms with Gasteiger partial charge in [-0.3, -0.25) is 9.36 Å². The summed E-state index contributed by atoms with van der Waals surface area (Å²) in [7, 11) is -3.58. The lowest BCUT2D eigenvalue weighted by Crippen LogP contribution is -2.33. The van der Waals surface area contributed by atoms with Crippen LogP contribution in [0.5, 0.6) is 0 Å². The molecule has 1 N–H and O–H groups in total. The van der Waals surface area contributed by atoms with E-state index < -0.39 is 15.8 Å². The van der Waals surface area contributed by atoms with Crippen LogP contribution < -0.4 is 11.1 Å². The Bertz CT molecular complexity index is 1030. The molecule has 2 fully saturated rings. The lowest BCUT2D eigenvalue weighted by molar-refractivity contribution is -0.122. The smallest absolute Gasteiger partial charge is 0.408 e. The number of carbonyl (C=O) groups is 1. The summed E-state index contributed by atoms with van der Waals surface area (Å²) < 4.78 is 33.5. The number of oxazole rings is 1. The minimum Gasteiger partial charge on any atom is -0.408 e. The second-order valence-electron chi connectivity index (χ2n) is 7.56. The molecule has 2 aliphatic rings. The summed E-state index contributed by atoms with van der Waals surface area (Å²) in [6.45, 7) is 1.23. The first-order chi connectivity index (χ1) is 13.4. The van der Waals surface area contributed by atoms with Crippen LogP contribution in [0.3, 0.4) is 0 Å². The average Bonchev–Trinajstić information content (AvgIpc) is 3.41. The Morgan fingerprint density at radius 1 is 1.14 bits per heavy atom. The molecule has 152 valence electrons. The second kappa shape index (κ2) is 7.71. The topological polar surface area (TPSA) is 102 Å². The van der Waals surface area contributed by atoms with Gasteiger partial charge in [0.2, 0.25) is 15.9 Å². The largest absolute Gasteiger partial charge is 0.419 e. The van der Waals surface area contributed by atoms with Gasteiger partial charge in [0.05, 0.1) is 10.4 Å². The van der Waals surface area contributed by atoms with Gasteiger partial charge in [-0.1, -0.05) is 12.8 Å². The van der Waals surface area contributed by atoms with E-state index in [0.29, 0.717) is 18.6 Å². The molecule has 0 bridgehead atoms. The highest BCUT2D eigenvalue weighted by Gasteiger charge is 2.28. The number of amides is 1. The summed E-state index contributed by atoms with van der Waals surface area (Å²) in [5.74, 6) is -0.666. The molecule has 4 rings (SSSR count). The maximum Gasteiger partial charge on any atom is 0.419 e. The van der Waals surface area contributed by atoms with Crippen molar-refractivity contribution in [2.45, 2.75) is 62.4 Å². The molecule has 8 nitrogen and oxygen atoms in total. The lowest BCUT2D eigenvalue weighted by atomic mass is 10.2. The van der Waals surface area contributed by atoms with E-state index in [0.717, 1.165) is 38.5 Å². The van der Waals surface area contributed by atoms with Crippen LogP contribution in [0.2, 0.25) is 0 Å². The Morgan fingerprint density at radius 3 is 2.57 bits per heavy atom. The molecule has 9 heteroatoms. The van der Waals surface area contributed by atoms with E-state index in [9.17, 15) is 18.0 Å². The molecule has 28 heavy (non-hydrogen) atoms. The van der Waals surface area contributed by atoms with Crippen molar-refractivity contribution in [3.8, 4) is 0 Å². The third-order valence-electron chi connectivity index (χ3n) is 5.63. The lowest BCUT2D eigenvalue weighted by Gasteiger charge is -2.15. The minimum atomic E-state index is -3.58. The van der Waals surface area contributed by atoms with Crippen molar-refractivity contribution in [1.29, 1.82) is 0 Å². The molecule has 0 spiro atoms. The number of benzene rings is 1. The van der Waals surface area contributed by atoms with Gasteiger partial charge < -0.3 is 9.73 Å². The maximum absolute atomic E-state index is 12.7. The van der Waals surface area contributed by atoms with Gasteiger partial charge in [0.1, 0.15) is 0 Å². The summed E-state index contributed by atoms with van der Waals surface area (Å²) in [6, 6.07) is 4.72. The molecule has 1 aromatic heterocycles. The number of hydrogen-bond acceptors (Lipinski definition) is 5. The number of nitrogens with zero attached hydrogens (tertiary/aromatic N) is 2. The van der Waals surface area contributed by atoms with Crippen molar-refractivity contribution in [1.82, 2.24) is 14.2 Å². The second-order valence-corrected chi connectivity index (χ2v) is 9.50. The summed E-state index contributed by atoms with van der Waals surface area (Å²) in [5, 5.41) is 3.00. The number of hydrogen-bond donors (Lipinski definition) is 1. The summed E-state index contributed by atoms with van der Waals surface area (Å²) >= 11 is 0. The van der Waals surface area contributed by atoms with E-state index >= 15 is 0 Å². The fraction of sp³-hybridized carbons (Fsp3) is 0.579. The molecule has 1 aliphatic heterocycles. The number of sulfonamides is 1. The molecule has 1 saturated carbocycles. The number of nitrogens with one attached hydrogen (secondary N) is 1. The fourth-order valence-electron chi connectivity index (χ4n) is 4.08. The Balaban J connectivity index is 1.51. The van der Waals surface area contributed by atoms with Gasteiger partial charge in [0.25, 0.3) is 0 Å². The standard InChI is InChI=1S/C19H25N3O5S/c23-18(20-14-5-1-2-6-14)9-12-22-16-8-7-15(13-17(16)27-19(22)24)28(25,26)21-10-3-4-11-21/h7-8,13-14H,1-6,9-12H2,(H,20,23). The predicted octanol–water partition coefficient (Wildman–Crippen LogP) is 1.83. The number of rotatable bonds is 6. The maximum atomic E-state index is 12.7. The SMILES string of the molecule is O=C(CCn1c(=O)oc2cc(S(=O)(=O)N3CCCC3)ccc21)NC1CCCC1. The summed E-state index contributed by atoms with van der Waals surface area (Å²) in [4.78, 5) is 24.5. The van der Waals surface area contributed by atoms with Crippen LogP contribution in [0.25, 0.3) is 11.1 Å². The zero-order chi connectivity index (χ0) is 19.7. The molecule has 1 aromatic carbocycles. The zero-order valence-electron chi connectivity index (χ0n) is 15.7. The van der Waals surface area contributed by atoms with Crippen molar-refractivity contribution in [3.63, 3.8) is 0 Å². The molecule has 2 aromatic rings. The highest BCUT2D eigenvalue weighted by atomic mass is 32.2. The van der Waals surface area contributed by atoms with Gasteiger partial charge in [-0.25, -0.2) is 13.2 Å². The van der Waals surface area contributed by atoms with E-state index in [1.807, 2.05) is 0 Å². The summed E-state index contributed by atoms with van der Waals surface area (Å²) in [6.07, 6.45) is 6.19. The third kappa shape index (κ3) is 3.73. The minimum absolute atomic E-state index is 0.0821. The summed E-state index contributed by atoms with van der Waals surface area (Å²) in [5.41, 5.74) is 0.723. The van der Waals surface area contributed by atoms with Crippen LogP contribution in [0.4, 0.5) is 0 Å². The van der Waals surface area contributed by atoms with Crippen molar-refractivity contribution in [3.05, 3.63) is 28.7 Å². The first kappa shape index (κ1) is 19.2. The van der Waals surface area contributed by atoms with Gasteiger partial charge >= 0.3 is 5.76 Å². The molecule has 1 saturated heterocycles. The third-order valence-corrected chi connectivity index (χ3v) is 7.52. The van der Waals surface area contributed by atoms with Gasteiger partial charge in [0.15, 0.2) is 5.58 Å². The van der Waals surface area contributed by atoms with E-state index in [1.165, 1.54) is 21.0 Å². The zero-order valence-corrected chi connectivity index (χ0v) is 16.5. The van der Waals surface area contributed by atoms with E-state index in [2.05, 4.69) is 5.32 Å². The molecule has 2 heterocycles. The first-order valence-electron chi connectivity index (χ1n) is 9.88. The quantitative estimate of drug-likeness (QED) is 0.787. The van der Waals surface area contributed by atoms with E-state index in [-0.39, 0.29) is 35.4 Å². The number of fused-ring (bicyclic) bond motifs is 1. The molecule has 0 radical (unpaired) electrons. The van der Waals surface area contributed by atoms with Crippen molar-refractivity contribution < 1.29 is 17.6 Å². The van der Waals surface area contributed by atoms with Crippen molar-refractivity contribution in [2.24, 2.45) is 0 Å². The molecular weight excluding hydrogens is 382 g/mol. The van der Waals surface area contributed by atoms with Gasteiger partial charge in [-0.2, -0.15) is 4.31 Å². The first-order valence-corrected chi connectivity index (χ1v) is 11.3. The van der Waals surface area contributed by atoms with Crippen LogP contribution in [-0.4, -0.2) is 42.3 Å². The Hall–Kier alpha value is -2.13. The Kier molecular flexibility index (Phi) is 5.29. The van der Waals surface area contributed by atoms with Crippen molar-refractivity contribution >= 4 is 27.0 Å². The predicted molar refractivity (Wildman–Crippen MR) is 103 cm³/mol. The van der Waals surface area contributed by atoms with Gasteiger partial charge in [0, 0.05) is 38.2 Å². The normalized spacial score (nSPS) is 18.9. The average molecular weight is 407 g/mol. The molecular formula is C19H25N3O5S. The van der Waals surface area contributed by atoms with Gasteiger partial charge in [-0.05, 0) is 37.8 Å². The number of aryl methyl sites for hydroxylation is 1. The van der Waals surface area contributed by atoms with Crippen molar-refractivity contribution in [2.75, 3.05) is 13.1 Å². The number of carbonyl (C=O) groups excluding carboxylic acids is 1.